The van der Waals surface area contributed by atoms with Crippen LogP contribution in [0.25, 0.3) is 0 Å². The van der Waals surface area contributed by atoms with Gasteiger partial charge in [-0.15, -0.1) is 0 Å². The number of hydrogen-bond acceptors (Lipinski definition) is 5. The van der Waals surface area contributed by atoms with Gasteiger partial charge in [0, 0.05) is 11.3 Å². The summed E-state index contributed by atoms with van der Waals surface area (Å²) in [6.07, 6.45) is 4.68. The first-order valence-electron chi connectivity index (χ1n) is 5.77. The number of carbonyl (C=O) groups is 2. The Kier molecular flexibility index (Phi) is 4.23. The van der Waals surface area contributed by atoms with Crippen LogP contribution in [0, 0.1) is 0 Å². The molecule has 0 aliphatic carbocycles. The maximum atomic E-state index is 11.6. The molecule has 0 spiro atoms. The van der Waals surface area contributed by atoms with E-state index in [0.717, 1.165) is 11.4 Å². The molecule has 0 bridgehead atoms. The molecule has 0 aliphatic heterocycles. The van der Waals surface area contributed by atoms with E-state index in [1.807, 2.05) is 0 Å². The number of carboxylic acids is 1. The van der Waals surface area contributed by atoms with Gasteiger partial charge in [-0.1, -0.05) is 0 Å². The van der Waals surface area contributed by atoms with Gasteiger partial charge in [0.15, 0.2) is 0 Å². The fourth-order valence-electron chi connectivity index (χ4n) is 1.49. The van der Waals surface area contributed by atoms with Crippen LogP contribution < -0.4 is 10.6 Å². The number of hydrogen-bond donors (Lipinski definition) is 3. The molecule has 7 heteroatoms. The second kappa shape index (κ2) is 6.28. The Bertz CT molecular complexity index is 599. The lowest BCUT2D eigenvalue weighted by Crippen LogP contribution is -2.29. The Labute approximate surface area is 114 Å². The lowest BCUT2D eigenvalue weighted by Gasteiger charge is -2.06. The largest absolute Gasteiger partial charge is 0.480 e. The molecule has 1 amide bonds. The quantitative estimate of drug-likeness (QED) is 0.751. The number of nitrogens with one attached hydrogen (secondary N) is 2. The number of carbonyl (C=O) groups excluding carboxylic acids is 1. The van der Waals surface area contributed by atoms with Crippen LogP contribution in [0.4, 0.5) is 11.4 Å². The van der Waals surface area contributed by atoms with E-state index in [2.05, 4.69) is 20.6 Å². The summed E-state index contributed by atoms with van der Waals surface area (Å²) >= 11 is 0. The molecule has 0 aliphatic rings. The van der Waals surface area contributed by atoms with E-state index in [1.54, 1.807) is 36.7 Å². The molecule has 2 aromatic rings. The van der Waals surface area contributed by atoms with Crippen molar-refractivity contribution in [3.05, 3.63) is 48.5 Å². The molecule has 3 N–H and O–H groups in total. The van der Waals surface area contributed by atoms with Crippen LogP contribution in [-0.2, 0) is 4.79 Å². The fourth-order valence-corrected chi connectivity index (χ4v) is 1.49. The third-order valence-electron chi connectivity index (χ3n) is 2.40. The lowest BCUT2D eigenvalue weighted by molar-refractivity contribution is -0.135. The first-order valence-corrected chi connectivity index (χ1v) is 5.77. The smallest absolute Gasteiger partial charge is 0.322 e. The minimum absolute atomic E-state index is 0.390. The van der Waals surface area contributed by atoms with Crippen molar-refractivity contribution in [3.8, 4) is 0 Å². The average molecular weight is 272 g/mol. The molecular weight excluding hydrogens is 260 g/mol. The van der Waals surface area contributed by atoms with Gasteiger partial charge in [-0.3, -0.25) is 9.59 Å². The van der Waals surface area contributed by atoms with E-state index in [9.17, 15) is 9.59 Å². The van der Waals surface area contributed by atoms with Crippen molar-refractivity contribution in [3.63, 3.8) is 0 Å². The monoisotopic (exact) mass is 272 g/mol. The van der Waals surface area contributed by atoms with Crippen molar-refractivity contribution in [2.45, 2.75) is 0 Å². The molecule has 20 heavy (non-hydrogen) atoms. The lowest BCUT2D eigenvalue weighted by atomic mass is 10.2. The van der Waals surface area contributed by atoms with Gasteiger partial charge in [0.25, 0.3) is 5.91 Å². The predicted octanol–water partition coefficient (Wildman–Crippen LogP) is 1.03. The van der Waals surface area contributed by atoms with Crippen LogP contribution >= 0.6 is 0 Å². The highest BCUT2D eigenvalue weighted by Gasteiger charge is 2.06. The third-order valence-corrected chi connectivity index (χ3v) is 2.40. The molecule has 1 aromatic heterocycles. The van der Waals surface area contributed by atoms with Gasteiger partial charge >= 0.3 is 5.97 Å². The Morgan fingerprint density at radius 1 is 1.05 bits per heavy atom. The Hall–Kier alpha value is -2.96. The minimum atomic E-state index is -1.08. The highest BCUT2D eigenvalue weighted by Crippen LogP contribution is 2.15. The van der Waals surface area contributed by atoms with E-state index in [-0.39, 0.29) is 0 Å². The van der Waals surface area contributed by atoms with Crippen molar-refractivity contribution in [2.24, 2.45) is 0 Å². The Morgan fingerprint density at radius 3 is 2.30 bits per heavy atom. The summed E-state index contributed by atoms with van der Waals surface area (Å²) in [6, 6.07) is 6.62. The number of nitrogens with zero attached hydrogens (tertiary/aromatic N) is 2. The number of rotatable bonds is 5. The van der Waals surface area contributed by atoms with Crippen molar-refractivity contribution < 1.29 is 14.7 Å². The summed E-state index contributed by atoms with van der Waals surface area (Å²) in [7, 11) is 0. The van der Waals surface area contributed by atoms with Crippen LogP contribution in [0.5, 0.6) is 0 Å². The topological polar surface area (TPSA) is 104 Å². The average Bonchev–Trinajstić information content (AvgIpc) is 2.46. The van der Waals surface area contributed by atoms with Gasteiger partial charge in [0.2, 0.25) is 0 Å². The van der Waals surface area contributed by atoms with Crippen molar-refractivity contribution in [2.75, 3.05) is 11.9 Å². The summed E-state index contributed by atoms with van der Waals surface area (Å²) in [6.45, 7) is -0.403. The number of aliphatic carboxylic acids is 1. The highest BCUT2D eigenvalue weighted by molar-refractivity contribution is 5.96. The summed E-state index contributed by atoms with van der Waals surface area (Å²) in [5.41, 5.74) is 1.89. The van der Waals surface area contributed by atoms with Gasteiger partial charge in [-0.05, 0) is 24.3 Å². The molecule has 102 valence electrons. The minimum Gasteiger partial charge on any atom is -0.480 e. The maximum absolute atomic E-state index is 11.6. The maximum Gasteiger partial charge on any atom is 0.322 e. The summed E-state index contributed by atoms with van der Waals surface area (Å²) in [4.78, 5) is 29.7. The van der Waals surface area contributed by atoms with E-state index in [1.165, 1.54) is 6.33 Å². The van der Waals surface area contributed by atoms with Crippen LogP contribution in [0.1, 0.15) is 10.4 Å². The fraction of sp³-hybridized carbons (Fsp3) is 0.0769. The van der Waals surface area contributed by atoms with Crippen molar-refractivity contribution in [1.82, 2.24) is 15.3 Å². The van der Waals surface area contributed by atoms with Gasteiger partial charge < -0.3 is 15.7 Å². The SMILES string of the molecule is O=C(O)CNC(=O)c1ccc(Nc2cncnc2)cc1. The second-order valence-corrected chi connectivity index (χ2v) is 3.91. The van der Waals surface area contributed by atoms with Crippen LogP contribution in [0.15, 0.2) is 43.0 Å². The zero-order valence-corrected chi connectivity index (χ0v) is 10.4. The zero-order chi connectivity index (χ0) is 14.4. The highest BCUT2D eigenvalue weighted by atomic mass is 16.4. The molecule has 0 radical (unpaired) electrons. The molecule has 0 fully saturated rings. The Morgan fingerprint density at radius 2 is 1.70 bits per heavy atom. The predicted molar refractivity (Wildman–Crippen MR) is 71.7 cm³/mol. The number of carboxylic acid groups (broad SMARTS) is 1. The number of benzene rings is 1. The van der Waals surface area contributed by atoms with Gasteiger partial charge in [-0.2, -0.15) is 0 Å². The van der Waals surface area contributed by atoms with Gasteiger partial charge in [-0.25, -0.2) is 9.97 Å². The summed E-state index contributed by atoms with van der Waals surface area (Å²) in [5, 5.41) is 13.8. The van der Waals surface area contributed by atoms with Crippen LogP contribution in [-0.4, -0.2) is 33.5 Å². The normalized spacial score (nSPS) is 9.80. The van der Waals surface area contributed by atoms with Gasteiger partial charge in [0.1, 0.15) is 12.9 Å². The molecule has 0 atom stereocenters. The molecule has 7 nitrogen and oxygen atoms in total. The summed E-state index contributed by atoms with van der Waals surface area (Å²) in [5.74, 6) is -1.51. The van der Waals surface area contributed by atoms with Crippen molar-refractivity contribution >= 4 is 23.3 Å². The standard InChI is InChI=1S/C13H12N4O3/c18-12(19)7-16-13(20)9-1-3-10(4-2-9)17-11-5-14-8-15-6-11/h1-6,8,17H,7H2,(H,16,20)(H,18,19). The molecule has 0 unspecified atom stereocenters. The van der Waals surface area contributed by atoms with Crippen LogP contribution in [0.3, 0.4) is 0 Å². The van der Waals surface area contributed by atoms with Crippen molar-refractivity contribution in [1.29, 1.82) is 0 Å². The first-order chi connectivity index (χ1) is 9.65. The molecular formula is C13H12N4O3. The Balaban J connectivity index is 1.99. The first kappa shape index (κ1) is 13.5. The van der Waals surface area contributed by atoms with E-state index >= 15 is 0 Å². The van der Waals surface area contributed by atoms with E-state index < -0.39 is 18.4 Å². The summed E-state index contributed by atoms with van der Waals surface area (Å²) < 4.78 is 0. The number of anilines is 2. The van der Waals surface area contributed by atoms with E-state index in [0.29, 0.717) is 5.56 Å². The molecule has 1 aromatic carbocycles. The number of aromatic nitrogens is 2. The molecule has 2 rings (SSSR count). The molecule has 0 saturated heterocycles. The van der Waals surface area contributed by atoms with Crippen LogP contribution in [0.2, 0.25) is 0 Å². The third kappa shape index (κ3) is 3.77. The second-order valence-electron chi connectivity index (χ2n) is 3.91. The van der Waals surface area contributed by atoms with Gasteiger partial charge in [0.05, 0.1) is 18.1 Å². The molecule has 1 heterocycles. The molecule has 0 saturated carbocycles. The zero-order valence-electron chi connectivity index (χ0n) is 10.4. The van der Waals surface area contributed by atoms with E-state index in [4.69, 9.17) is 5.11 Å². The number of amides is 1.